The Kier molecular flexibility index (Phi) is 2.81. The van der Waals surface area contributed by atoms with Crippen molar-refractivity contribution in [1.29, 1.82) is 0 Å². The highest BCUT2D eigenvalue weighted by Crippen LogP contribution is 2.23. The van der Waals surface area contributed by atoms with Crippen LogP contribution in [0, 0.1) is 6.92 Å². The van der Waals surface area contributed by atoms with E-state index in [1.165, 1.54) is 11.1 Å². The topological polar surface area (TPSA) is 37.3 Å². The molecular formula is C15H15N3. The molecule has 2 aromatic rings. The van der Waals surface area contributed by atoms with Crippen LogP contribution in [0.5, 0.6) is 0 Å². The Bertz CT molecular complexity index is 558. The number of benzene rings is 1. The van der Waals surface area contributed by atoms with E-state index in [1.807, 2.05) is 18.2 Å². The van der Waals surface area contributed by atoms with Gasteiger partial charge in [0.25, 0.3) is 0 Å². The molecule has 0 aliphatic carbocycles. The quantitative estimate of drug-likeness (QED) is 0.872. The van der Waals surface area contributed by atoms with Gasteiger partial charge in [-0.05, 0) is 24.6 Å². The van der Waals surface area contributed by atoms with Crippen molar-refractivity contribution < 1.29 is 0 Å². The monoisotopic (exact) mass is 237 g/mol. The normalized spacial score (nSPS) is 18.3. The average molecular weight is 237 g/mol. The van der Waals surface area contributed by atoms with Gasteiger partial charge in [-0.2, -0.15) is 5.10 Å². The van der Waals surface area contributed by atoms with E-state index in [9.17, 15) is 0 Å². The molecule has 0 amide bonds. The van der Waals surface area contributed by atoms with Gasteiger partial charge in [0.05, 0.1) is 17.4 Å². The Balaban J connectivity index is 1.76. The lowest BCUT2D eigenvalue weighted by molar-refractivity contribution is 0.620. The number of aromatic nitrogens is 1. The van der Waals surface area contributed by atoms with Crippen LogP contribution in [0.4, 0.5) is 0 Å². The van der Waals surface area contributed by atoms with E-state index in [4.69, 9.17) is 0 Å². The zero-order valence-corrected chi connectivity index (χ0v) is 10.3. The molecule has 1 aromatic carbocycles. The van der Waals surface area contributed by atoms with Gasteiger partial charge in [0, 0.05) is 12.6 Å². The summed E-state index contributed by atoms with van der Waals surface area (Å²) in [4.78, 5) is 4.33. The summed E-state index contributed by atoms with van der Waals surface area (Å²) in [6, 6.07) is 14.8. The van der Waals surface area contributed by atoms with Crippen molar-refractivity contribution >= 4 is 5.71 Å². The van der Waals surface area contributed by atoms with Gasteiger partial charge in [0.15, 0.2) is 0 Å². The summed E-state index contributed by atoms with van der Waals surface area (Å²) in [5.41, 5.74) is 7.73. The summed E-state index contributed by atoms with van der Waals surface area (Å²) in [6.45, 7) is 2.10. The Morgan fingerprint density at radius 1 is 1.11 bits per heavy atom. The van der Waals surface area contributed by atoms with Gasteiger partial charge in [0.2, 0.25) is 0 Å². The average Bonchev–Trinajstić information content (AvgIpc) is 2.90. The summed E-state index contributed by atoms with van der Waals surface area (Å²) in [5.74, 6) is 0. The summed E-state index contributed by atoms with van der Waals surface area (Å²) >= 11 is 0. The van der Waals surface area contributed by atoms with Crippen molar-refractivity contribution in [2.24, 2.45) is 5.10 Å². The third-order valence-corrected chi connectivity index (χ3v) is 3.19. The Hall–Kier alpha value is -2.16. The van der Waals surface area contributed by atoms with E-state index in [0.717, 1.165) is 17.8 Å². The Morgan fingerprint density at radius 3 is 2.67 bits per heavy atom. The number of rotatable bonds is 2. The zero-order valence-electron chi connectivity index (χ0n) is 10.3. The maximum Gasteiger partial charge on any atom is 0.0883 e. The van der Waals surface area contributed by atoms with Crippen LogP contribution in [0.15, 0.2) is 53.8 Å². The zero-order chi connectivity index (χ0) is 12.4. The van der Waals surface area contributed by atoms with Gasteiger partial charge in [-0.25, -0.2) is 0 Å². The highest BCUT2D eigenvalue weighted by atomic mass is 15.3. The van der Waals surface area contributed by atoms with Crippen LogP contribution in [-0.4, -0.2) is 10.7 Å². The molecule has 3 nitrogen and oxygen atoms in total. The fourth-order valence-electron chi connectivity index (χ4n) is 2.13. The maximum absolute atomic E-state index is 4.39. The summed E-state index contributed by atoms with van der Waals surface area (Å²) in [7, 11) is 0. The first-order valence-electron chi connectivity index (χ1n) is 6.13. The van der Waals surface area contributed by atoms with Crippen molar-refractivity contribution in [3.8, 4) is 0 Å². The molecule has 0 saturated carbocycles. The third-order valence-electron chi connectivity index (χ3n) is 3.19. The maximum atomic E-state index is 4.39. The van der Waals surface area contributed by atoms with Gasteiger partial charge < -0.3 is 5.43 Å². The van der Waals surface area contributed by atoms with Crippen LogP contribution in [-0.2, 0) is 0 Å². The second-order valence-corrected chi connectivity index (χ2v) is 4.57. The fraction of sp³-hybridized carbons (Fsp3) is 0.200. The van der Waals surface area contributed by atoms with Crippen molar-refractivity contribution in [2.45, 2.75) is 19.4 Å². The first-order valence-corrected chi connectivity index (χ1v) is 6.13. The van der Waals surface area contributed by atoms with Crippen LogP contribution in [0.2, 0.25) is 0 Å². The summed E-state index contributed by atoms with van der Waals surface area (Å²) in [5, 5.41) is 4.39. The lowest BCUT2D eigenvalue weighted by Gasteiger charge is -2.10. The van der Waals surface area contributed by atoms with E-state index in [1.54, 1.807) is 6.20 Å². The molecule has 90 valence electrons. The lowest BCUT2D eigenvalue weighted by atomic mass is 10.0. The second kappa shape index (κ2) is 4.61. The van der Waals surface area contributed by atoms with Crippen molar-refractivity contribution in [3.05, 3.63) is 65.5 Å². The molecule has 1 unspecified atom stereocenters. The number of aryl methyl sites for hydroxylation is 1. The van der Waals surface area contributed by atoms with E-state index >= 15 is 0 Å². The van der Waals surface area contributed by atoms with Crippen LogP contribution in [0.1, 0.15) is 29.3 Å². The van der Waals surface area contributed by atoms with Crippen LogP contribution < -0.4 is 5.43 Å². The molecule has 3 heteroatoms. The van der Waals surface area contributed by atoms with E-state index in [-0.39, 0.29) is 6.04 Å². The largest absolute Gasteiger partial charge is 0.302 e. The van der Waals surface area contributed by atoms with Gasteiger partial charge >= 0.3 is 0 Å². The predicted molar refractivity (Wildman–Crippen MR) is 72.4 cm³/mol. The number of hydrazone groups is 1. The molecule has 1 atom stereocenters. The fourth-order valence-corrected chi connectivity index (χ4v) is 2.13. The first-order chi connectivity index (χ1) is 8.83. The van der Waals surface area contributed by atoms with Crippen LogP contribution in [0.25, 0.3) is 0 Å². The van der Waals surface area contributed by atoms with Gasteiger partial charge in [-0.3, -0.25) is 4.98 Å². The van der Waals surface area contributed by atoms with Crippen molar-refractivity contribution in [1.82, 2.24) is 10.4 Å². The molecule has 0 saturated heterocycles. The van der Waals surface area contributed by atoms with Crippen LogP contribution >= 0.6 is 0 Å². The number of pyridine rings is 1. The number of nitrogens with one attached hydrogen (secondary N) is 1. The molecule has 0 bridgehead atoms. The molecule has 1 aliphatic rings. The Labute approximate surface area is 107 Å². The molecule has 1 aliphatic heterocycles. The highest BCUT2D eigenvalue weighted by molar-refractivity contribution is 6.00. The second-order valence-electron chi connectivity index (χ2n) is 4.57. The first kappa shape index (κ1) is 11.0. The smallest absolute Gasteiger partial charge is 0.0883 e. The molecule has 0 radical (unpaired) electrons. The summed E-state index contributed by atoms with van der Waals surface area (Å²) < 4.78 is 0. The van der Waals surface area contributed by atoms with Crippen LogP contribution in [0.3, 0.4) is 0 Å². The van der Waals surface area contributed by atoms with Gasteiger partial charge in [0.1, 0.15) is 0 Å². The Morgan fingerprint density at radius 2 is 1.94 bits per heavy atom. The molecule has 2 heterocycles. The minimum atomic E-state index is 0.266. The van der Waals surface area contributed by atoms with Gasteiger partial charge in [-0.15, -0.1) is 0 Å². The molecule has 3 rings (SSSR count). The predicted octanol–water partition coefficient (Wildman–Crippen LogP) is 2.83. The number of hydrogen-bond acceptors (Lipinski definition) is 3. The minimum absolute atomic E-state index is 0.266. The molecular weight excluding hydrogens is 222 g/mol. The van der Waals surface area contributed by atoms with Crippen molar-refractivity contribution in [3.63, 3.8) is 0 Å². The number of nitrogens with zero attached hydrogens (tertiary/aromatic N) is 2. The van der Waals surface area contributed by atoms with Gasteiger partial charge in [-0.1, -0.05) is 35.9 Å². The molecule has 0 spiro atoms. The summed E-state index contributed by atoms with van der Waals surface area (Å²) in [6.07, 6.45) is 2.69. The number of hydrogen-bond donors (Lipinski definition) is 1. The molecule has 18 heavy (non-hydrogen) atoms. The third kappa shape index (κ3) is 2.12. The molecule has 1 aromatic heterocycles. The van der Waals surface area contributed by atoms with E-state index < -0.39 is 0 Å². The molecule has 1 N–H and O–H groups in total. The van der Waals surface area contributed by atoms with E-state index in [2.05, 4.69) is 46.7 Å². The highest BCUT2D eigenvalue weighted by Gasteiger charge is 2.21. The molecule has 0 fully saturated rings. The SMILES string of the molecule is Cc1ccc(C2CC(c3ccccn3)=NN2)cc1. The standard InChI is InChI=1S/C15H15N3/c1-11-5-7-12(8-6-11)14-10-15(18-17-14)13-4-2-3-9-16-13/h2-9,14,17H,10H2,1H3. The van der Waals surface area contributed by atoms with Crippen molar-refractivity contribution in [2.75, 3.05) is 0 Å². The van der Waals surface area contributed by atoms with E-state index in [0.29, 0.717) is 0 Å². The minimum Gasteiger partial charge on any atom is -0.302 e. The lowest BCUT2D eigenvalue weighted by Crippen LogP contribution is -2.09.